The van der Waals surface area contributed by atoms with Gasteiger partial charge in [-0.3, -0.25) is 20.4 Å². The van der Waals surface area contributed by atoms with Crippen LogP contribution in [0, 0.1) is 0 Å². The molecule has 0 spiro atoms. The van der Waals surface area contributed by atoms with Gasteiger partial charge in [-0.25, -0.2) is 0 Å². The first-order chi connectivity index (χ1) is 22.7. The molecule has 1 amide bonds. The van der Waals surface area contributed by atoms with E-state index in [2.05, 4.69) is 34.8 Å². The lowest BCUT2D eigenvalue weighted by Gasteiger charge is -2.36. The van der Waals surface area contributed by atoms with Gasteiger partial charge < -0.3 is 19.7 Å². The molecule has 47 heavy (non-hydrogen) atoms. The van der Waals surface area contributed by atoms with Crippen molar-refractivity contribution in [2.75, 3.05) is 26.0 Å². The molecule has 1 unspecified atom stereocenters. The van der Waals surface area contributed by atoms with Gasteiger partial charge >= 0.3 is 0 Å². The highest BCUT2D eigenvalue weighted by Gasteiger charge is 2.60. The molecule has 0 radical (unpaired) electrons. The van der Waals surface area contributed by atoms with Crippen molar-refractivity contribution in [3.8, 4) is 0 Å². The number of carbonyl (C=O) groups excluding carboxylic acids is 1. The van der Waals surface area contributed by atoms with E-state index in [-0.39, 0.29) is 17.0 Å². The first kappa shape index (κ1) is 35.4. The number of aliphatic hydroxyl groups is 1. The summed E-state index contributed by atoms with van der Waals surface area (Å²) >= 11 is 1.95. The third-order valence-electron chi connectivity index (χ3n) is 9.67. The third kappa shape index (κ3) is 7.87. The Balaban J connectivity index is 1.05. The van der Waals surface area contributed by atoms with Crippen molar-refractivity contribution < 1.29 is 19.2 Å². The van der Waals surface area contributed by atoms with Crippen molar-refractivity contribution >= 4 is 46.6 Å². The van der Waals surface area contributed by atoms with E-state index in [1.165, 1.54) is 0 Å². The fraction of sp³-hybridized carbons (Fsp3) is 0.459. The van der Waals surface area contributed by atoms with Crippen LogP contribution in [0.3, 0.4) is 0 Å². The molecule has 3 aromatic carbocycles. The smallest absolute Gasteiger partial charge is 0.219 e. The fourth-order valence-corrected chi connectivity index (χ4v) is 11.5. The number of nitrogens with zero attached hydrogens (tertiary/aromatic N) is 1. The summed E-state index contributed by atoms with van der Waals surface area (Å²) in [5, 5.41) is 22.4. The highest BCUT2D eigenvalue weighted by atomic mass is 32.2. The van der Waals surface area contributed by atoms with Crippen LogP contribution in [0.5, 0.6) is 0 Å². The zero-order valence-corrected chi connectivity index (χ0v) is 29.5. The fourth-order valence-electron chi connectivity index (χ4n) is 6.78. The normalized spacial score (nSPS) is 24.2. The van der Waals surface area contributed by atoms with Crippen molar-refractivity contribution in [2.45, 2.75) is 81.5 Å². The topological polar surface area (TPSA) is 112 Å². The molecule has 4 N–H and O–H groups in total. The summed E-state index contributed by atoms with van der Waals surface area (Å²) in [6.45, 7) is 5.50. The molecule has 4 atom stereocenters. The number of ether oxygens (including phenoxy) is 1. The molecular weight excluding hydrogens is 627 g/mol. The van der Waals surface area contributed by atoms with E-state index >= 15 is 4.57 Å². The molecule has 0 bridgehead atoms. The summed E-state index contributed by atoms with van der Waals surface area (Å²) in [6, 6.07) is 27.0. The Hall–Kier alpha value is -2.94. The van der Waals surface area contributed by atoms with Gasteiger partial charge in [0.2, 0.25) is 11.8 Å². The number of benzene rings is 3. The van der Waals surface area contributed by atoms with Crippen LogP contribution < -0.4 is 31.9 Å². The van der Waals surface area contributed by atoms with Gasteiger partial charge in [-0.2, -0.15) is 11.8 Å². The summed E-state index contributed by atoms with van der Waals surface area (Å²) in [7, 11) is -1.49. The highest BCUT2D eigenvalue weighted by molar-refractivity contribution is 8.00. The van der Waals surface area contributed by atoms with E-state index in [1.807, 2.05) is 96.7 Å². The van der Waals surface area contributed by atoms with Crippen molar-refractivity contribution in [1.29, 1.82) is 0 Å². The quantitative estimate of drug-likeness (QED) is 0.0802. The second-order valence-electron chi connectivity index (χ2n) is 12.9. The predicted octanol–water partition coefficient (Wildman–Crippen LogP) is 4.67. The second kappa shape index (κ2) is 16.0. The van der Waals surface area contributed by atoms with Crippen LogP contribution in [0.15, 0.2) is 89.9 Å². The lowest BCUT2D eigenvalue weighted by Crippen LogP contribution is -2.58. The molecule has 252 valence electrons. The summed E-state index contributed by atoms with van der Waals surface area (Å²) in [6.07, 6.45) is 5.36. The average molecular weight is 677 g/mol. The Kier molecular flexibility index (Phi) is 12.0. The van der Waals surface area contributed by atoms with Gasteiger partial charge in [0.25, 0.3) is 0 Å². The summed E-state index contributed by atoms with van der Waals surface area (Å²) < 4.78 is 21.2. The Labute approximate surface area is 283 Å². The number of hydrogen-bond acceptors (Lipinski definition) is 8. The van der Waals surface area contributed by atoms with Gasteiger partial charge in [-0.1, -0.05) is 85.3 Å². The summed E-state index contributed by atoms with van der Waals surface area (Å²) in [4.78, 5) is 16.9. The molecular formula is C37H49N4O4PS. The van der Waals surface area contributed by atoms with Crippen LogP contribution in [0.2, 0.25) is 0 Å². The minimum atomic E-state index is -3.19. The van der Waals surface area contributed by atoms with Crippen molar-refractivity contribution in [3.63, 3.8) is 0 Å². The predicted molar refractivity (Wildman–Crippen MR) is 195 cm³/mol. The minimum absolute atomic E-state index is 0.103. The van der Waals surface area contributed by atoms with Gasteiger partial charge in [-0.05, 0) is 52.0 Å². The number of aliphatic imine (C=N–C) groups is 1. The maximum absolute atomic E-state index is 15.0. The number of carbonyl (C=O) groups is 1. The van der Waals surface area contributed by atoms with E-state index in [9.17, 15) is 9.90 Å². The molecule has 0 aromatic heterocycles. The van der Waals surface area contributed by atoms with Gasteiger partial charge in [0, 0.05) is 63.6 Å². The average Bonchev–Trinajstić information content (AvgIpc) is 3.47. The SMILES string of the molecule is CN=C(OCCCCCNC(=O)CCCC[C@@H]1SC[C@]2(C)NC(O)N[C@]12C)c1ccccc1P(=O)(c1ccccc1)c1ccccc1. The Morgan fingerprint density at radius 2 is 1.60 bits per heavy atom. The number of amides is 1. The molecule has 0 saturated carbocycles. The lowest BCUT2D eigenvalue weighted by atomic mass is 9.79. The Bertz CT molecular complexity index is 1510. The van der Waals surface area contributed by atoms with Crippen molar-refractivity contribution in [3.05, 3.63) is 90.5 Å². The van der Waals surface area contributed by atoms with Gasteiger partial charge in [0.1, 0.15) is 0 Å². The summed E-state index contributed by atoms with van der Waals surface area (Å²) in [5.74, 6) is 1.55. The molecule has 2 aliphatic rings. The van der Waals surface area contributed by atoms with Crippen LogP contribution in [0.25, 0.3) is 0 Å². The molecule has 2 saturated heterocycles. The van der Waals surface area contributed by atoms with E-state index in [4.69, 9.17) is 4.74 Å². The van der Waals surface area contributed by atoms with E-state index < -0.39 is 13.5 Å². The van der Waals surface area contributed by atoms with E-state index in [0.717, 1.165) is 60.5 Å². The lowest BCUT2D eigenvalue weighted by molar-refractivity contribution is -0.121. The number of nitrogens with one attached hydrogen (secondary N) is 3. The molecule has 3 aromatic rings. The van der Waals surface area contributed by atoms with Crippen LogP contribution >= 0.6 is 18.9 Å². The van der Waals surface area contributed by atoms with Gasteiger partial charge in [-0.15, -0.1) is 0 Å². The molecule has 2 fully saturated rings. The van der Waals surface area contributed by atoms with E-state index in [1.54, 1.807) is 7.05 Å². The number of thioether (sulfide) groups is 1. The monoisotopic (exact) mass is 676 g/mol. The minimum Gasteiger partial charge on any atom is -0.477 e. The van der Waals surface area contributed by atoms with Crippen LogP contribution in [0.4, 0.5) is 0 Å². The molecule has 8 nitrogen and oxygen atoms in total. The van der Waals surface area contributed by atoms with Crippen molar-refractivity contribution in [2.24, 2.45) is 4.99 Å². The third-order valence-corrected chi connectivity index (χ3v) is 14.6. The zero-order valence-electron chi connectivity index (χ0n) is 27.8. The summed E-state index contributed by atoms with van der Waals surface area (Å²) in [5.41, 5.74) is 0.471. The zero-order chi connectivity index (χ0) is 33.3. The molecule has 2 heterocycles. The first-order valence-corrected chi connectivity index (χ1v) is 19.5. The Morgan fingerprint density at radius 3 is 2.28 bits per heavy atom. The van der Waals surface area contributed by atoms with Crippen LogP contribution in [-0.4, -0.2) is 65.5 Å². The standard InChI is InChI=1S/C37H49N4O4PS/c1-36-27-47-32(37(36,2)41-35(43)40-36)23-13-14-24-33(42)39-25-15-6-16-26-45-34(38-3)30-21-11-12-22-31(30)46(44,28-17-7-4-8-18-28)29-19-9-5-10-20-29/h4-5,7-12,17-22,32,35,40-41,43H,6,13-16,23-27H2,1-3H3,(H,39,42)/t32-,35?,36-,37+/m0/s1. The maximum Gasteiger partial charge on any atom is 0.219 e. The van der Waals surface area contributed by atoms with Crippen LogP contribution in [0.1, 0.15) is 64.4 Å². The van der Waals surface area contributed by atoms with Crippen molar-refractivity contribution in [1.82, 2.24) is 16.0 Å². The van der Waals surface area contributed by atoms with Gasteiger partial charge in [0.15, 0.2) is 13.5 Å². The number of unbranched alkanes of at least 4 members (excludes halogenated alkanes) is 3. The molecule has 0 aliphatic carbocycles. The van der Waals surface area contributed by atoms with Crippen LogP contribution in [-0.2, 0) is 14.1 Å². The highest BCUT2D eigenvalue weighted by Crippen LogP contribution is 2.48. The van der Waals surface area contributed by atoms with E-state index in [0.29, 0.717) is 36.0 Å². The molecule has 10 heteroatoms. The number of aliphatic hydroxyl groups excluding tert-OH is 1. The van der Waals surface area contributed by atoms with Gasteiger partial charge in [0.05, 0.1) is 6.61 Å². The number of rotatable bonds is 15. The molecule has 2 aliphatic heterocycles. The first-order valence-electron chi connectivity index (χ1n) is 16.7. The largest absolute Gasteiger partial charge is 0.477 e. The number of fused-ring (bicyclic) bond motifs is 1. The Morgan fingerprint density at radius 1 is 0.936 bits per heavy atom. The molecule has 5 rings (SSSR count). The maximum atomic E-state index is 15.0. The number of hydrogen-bond donors (Lipinski definition) is 4. The second-order valence-corrected chi connectivity index (χ2v) is 16.8.